The van der Waals surface area contributed by atoms with Crippen LogP contribution < -0.4 is 5.32 Å². The molecule has 0 saturated carbocycles. The van der Waals surface area contributed by atoms with Crippen LogP contribution in [0.3, 0.4) is 0 Å². The molecule has 1 heterocycles. The molecule has 1 aromatic carbocycles. The van der Waals surface area contributed by atoms with Crippen LogP contribution in [0.1, 0.15) is 23.8 Å². The summed E-state index contributed by atoms with van der Waals surface area (Å²) in [6, 6.07) is 8.40. The molecular weight excluding hydrogens is 283 g/mol. The van der Waals surface area contributed by atoms with Crippen molar-refractivity contribution in [3.8, 4) is 0 Å². The molecule has 0 bridgehead atoms. The van der Waals surface area contributed by atoms with Gasteiger partial charge in [0.05, 0.1) is 11.8 Å². The van der Waals surface area contributed by atoms with Crippen LogP contribution in [-0.4, -0.2) is 11.7 Å². The predicted molar refractivity (Wildman–Crippen MR) is 71.4 cm³/mol. The van der Waals surface area contributed by atoms with E-state index < -0.39 is 17.3 Å². The minimum atomic E-state index is -4.35. The highest BCUT2D eigenvalue weighted by Gasteiger charge is 2.30. The molecule has 1 atom stereocenters. The molecule has 6 heteroatoms. The Morgan fingerprint density at radius 2 is 1.95 bits per heavy atom. The van der Waals surface area contributed by atoms with E-state index in [0.717, 1.165) is 12.1 Å². The minimum absolute atomic E-state index is 0.163. The molecule has 0 amide bonds. The van der Waals surface area contributed by atoms with Gasteiger partial charge in [0.25, 0.3) is 0 Å². The first-order valence-electron chi connectivity index (χ1n) is 6.42. The standard InChI is InChI=1S/C15H16F3NO2/c1-14(20,13-6-3-7-21-13)10-19-9-11-4-2-5-12(8-11)15(16,17)18/h2-8,19-20H,9-10H2,1H3. The molecule has 0 aliphatic rings. The summed E-state index contributed by atoms with van der Waals surface area (Å²) >= 11 is 0. The van der Waals surface area contributed by atoms with Crippen molar-refractivity contribution in [1.29, 1.82) is 0 Å². The Morgan fingerprint density at radius 1 is 1.19 bits per heavy atom. The average Bonchev–Trinajstić information content (AvgIpc) is 2.92. The molecule has 0 spiro atoms. The molecule has 2 rings (SSSR count). The fourth-order valence-corrected chi connectivity index (χ4v) is 1.98. The van der Waals surface area contributed by atoms with E-state index in [0.29, 0.717) is 11.3 Å². The van der Waals surface area contributed by atoms with E-state index in [1.807, 2.05) is 0 Å². The number of benzene rings is 1. The van der Waals surface area contributed by atoms with Gasteiger partial charge in [0.1, 0.15) is 11.4 Å². The largest absolute Gasteiger partial charge is 0.466 e. The van der Waals surface area contributed by atoms with Crippen LogP contribution in [0.2, 0.25) is 0 Å². The van der Waals surface area contributed by atoms with E-state index in [4.69, 9.17) is 4.42 Å². The van der Waals surface area contributed by atoms with Crippen LogP contribution in [0.4, 0.5) is 13.2 Å². The lowest BCUT2D eigenvalue weighted by atomic mass is 10.0. The second-order valence-electron chi connectivity index (χ2n) is 5.05. The SMILES string of the molecule is CC(O)(CNCc1cccc(C(F)(F)F)c1)c1ccco1. The topological polar surface area (TPSA) is 45.4 Å². The molecular formula is C15H16F3NO2. The van der Waals surface area contributed by atoms with Gasteiger partial charge >= 0.3 is 6.18 Å². The van der Waals surface area contributed by atoms with Crippen LogP contribution in [0.15, 0.2) is 47.1 Å². The van der Waals surface area contributed by atoms with Crippen LogP contribution in [-0.2, 0) is 18.3 Å². The third kappa shape index (κ3) is 4.09. The van der Waals surface area contributed by atoms with Gasteiger partial charge in [-0.25, -0.2) is 0 Å². The van der Waals surface area contributed by atoms with Gasteiger partial charge in [-0.2, -0.15) is 13.2 Å². The van der Waals surface area contributed by atoms with Gasteiger partial charge in [-0.1, -0.05) is 18.2 Å². The third-order valence-corrected chi connectivity index (χ3v) is 3.10. The zero-order chi connectivity index (χ0) is 15.5. The molecule has 0 radical (unpaired) electrons. The molecule has 0 saturated heterocycles. The van der Waals surface area contributed by atoms with Gasteiger partial charge < -0.3 is 14.8 Å². The zero-order valence-electron chi connectivity index (χ0n) is 11.4. The second kappa shape index (κ2) is 5.91. The third-order valence-electron chi connectivity index (χ3n) is 3.10. The summed E-state index contributed by atoms with van der Waals surface area (Å²) in [4.78, 5) is 0. The van der Waals surface area contributed by atoms with Crippen molar-refractivity contribution < 1.29 is 22.7 Å². The quantitative estimate of drug-likeness (QED) is 0.890. The zero-order valence-corrected chi connectivity index (χ0v) is 11.4. The lowest BCUT2D eigenvalue weighted by Crippen LogP contribution is -2.34. The fourth-order valence-electron chi connectivity index (χ4n) is 1.98. The van der Waals surface area contributed by atoms with Crippen LogP contribution in [0.25, 0.3) is 0 Å². The molecule has 3 nitrogen and oxygen atoms in total. The lowest BCUT2D eigenvalue weighted by molar-refractivity contribution is -0.137. The van der Waals surface area contributed by atoms with Gasteiger partial charge in [-0.15, -0.1) is 0 Å². The molecule has 0 aliphatic heterocycles. The maximum absolute atomic E-state index is 12.6. The van der Waals surface area contributed by atoms with Crippen molar-refractivity contribution in [3.63, 3.8) is 0 Å². The number of hydrogen-bond acceptors (Lipinski definition) is 3. The molecule has 2 aromatic rings. The van der Waals surface area contributed by atoms with Crippen molar-refractivity contribution in [3.05, 3.63) is 59.5 Å². The minimum Gasteiger partial charge on any atom is -0.466 e. The highest BCUT2D eigenvalue weighted by molar-refractivity contribution is 5.25. The number of aliphatic hydroxyl groups is 1. The summed E-state index contributed by atoms with van der Waals surface area (Å²) in [6.07, 6.45) is -2.90. The summed E-state index contributed by atoms with van der Waals surface area (Å²) in [5.41, 5.74) is -1.40. The first kappa shape index (κ1) is 15.6. The number of alkyl halides is 3. The van der Waals surface area contributed by atoms with E-state index in [1.165, 1.54) is 12.3 Å². The Balaban J connectivity index is 1.95. The smallest absolute Gasteiger partial charge is 0.416 e. The van der Waals surface area contributed by atoms with Crippen LogP contribution in [0, 0.1) is 0 Å². The van der Waals surface area contributed by atoms with E-state index in [-0.39, 0.29) is 13.1 Å². The van der Waals surface area contributed by atoms with Gasteiger partial charge in [-0.05, 0) is 30.7 Å². The first-order valence-corrected chi connectivity index (χ1v) is 6.42. The maximum Gasteiger partial charge on any atom is 0.416 e. The summed E-state index contributed by atoms with van der Waals surface area (Å²) in [5, 5.41) is 13.1. The van der Waals surface area contributed by atoms with E-state index in [1.54, 1.807) is 25.1 Å². The Bertz CT molecular complexity index is 577. The monoisotopic (exact) mass is 299 g/mol. The molecule has 1 aromatic heterocycles. The molecule has 2 N–H and O–H groups in total. The van der Waals surface area contributed by atoms with Crippen molar-refractivity contribution in [1.82, 2.24) is 5.32 Å². The highest BCUT2D eigenvalue weighted by Crippen LogP contribution is 2.29. The average molecular weight is 299 g/mol. The van der Waals surface area contributed by atoms with E-state index in [2.05, 4.69) is 5.32 Å². The van der Waals surface area contributed by atoms with Crippen molar-refractivity contribution >= 4 is 0 Å². The molecule has 114 valence electrons. The Labute approximate surface area is 120 Å². The van der Waals surface area contributed by atoms with E-state index in [9.17, 15) is 18.3 Å². The normalized spacial score (nSPS) is 14.9. The van der Waals surface area contributed by atoms with Crippen molar-refractivity contribution in [2.75, 3.05) is 6.54 Å². The summed E-state index contributed by atoms with van der Waals surface area (Å²) in [7, 11) is 0. The summed E-state index contributed by atoms with van der Waals surface area (Å²) in [5.74, 6) is 0.402. The highest BCUT2D eigenvalue weighted by atomic mass is 19.4. The van der Waals surface area contributed by atoms with Crippen molar-refractivity contribution in [2.45, 2.75) is 25.2 Å². The van der Waals surface area contributed by atoms with Crippen LogP contribution >= 0.6 is 0 Å². The van der Waals surface area contributed by atoms with Gasteiger partial charge in [0.2, 0.25) is 0 Å². The second-order valence-corrected chi connectivity index (χ2v) is 5.05. The number of halogens is 3. The molecule has 1 unspecified atom stereocenters. The number of rotatable bonds is 5. The van der Waals surface area contributed by atoms with Crippen LogP contribution in [0.5, 0.6) is 0 Å². The maximum atomic E-state index is 12.6. The summed E-state index contributed by atoms with van der Waals surface area (Å²) < 4.78 is 42.9. The molecule has 0 fully saturated rings. The molecule has 21 heavy (non-hydrogen) atoms. The van der Waals surface area contributed by atoms with Gasteiger partial charge in [-0.3, -0.25) is 0 Å². The van der Waals surface area contributed by atoms with E-state index >= 15 is 0 Å². The Hall–Kier alpha value is -1.79. The van der Waals surface area contributed by atoms with Crippen molar-refractivity contribution in [2.24, 2.45) is 0 Å². The molecule has 0 aliphatic carbocycles. The summed E-state index contributed by atoms with van der Waals surface area (Å²) in [6.45, 7) is 1.96. The van der Waals surface area contributed by atoms with Gasteiger partial charge in [0.15, 0.2) is 0 Å². The Kier molecular flexibility index (Phi) is 4.39. The lowest BCUT2D eigenvalue weighted by Gasteiger charge is -2.21. The Morgan fingerprint density at radius 3 is 2.57 bits per heavy atom. The number of hydrogen-bond donors (Lipinski definition) is 2. The number of nitrogens with one attached hydrogen (secondary N) is 1. The predicted octanol–water partition coefficient (Wildman–Crippen LogP) is 3.30. The van der Waals surface area contributed by atoms with Gasteiger partial charge in [0, 0.05) is 13.1 Å². The number of furan rings is 1. The first-order chi connectivity index (χ1) is 9.79. The fraction of sp³-hybridized carbons (Fsp3) is 0.333.